The molecule has 0 radical (unpaired) electrons. The molecule has 1 unspecified atom stereocenters. The van der Waals surface area contributed by atoms with Gasteiger partial charge in [-0.3, -0.25) is 14.7 Å². The largest absolute Gasteiger partial charge is 0.357 e. The van der Waals surface area contributed by atoms with Crippen LogP contribution < -0.4 is 10.6 Å². The number of guanidine groups is 1. The van der Waals surface area contributed by atoms with Gasteiger partial charge in [0, 0.05) is 57.3 Å². The minimum absolute atomic E-state index is 0. The van der Waals surface area contributed by atoms with Crippen molar-refractivity contribution in [2.75, 3.05) is 32.7 Å². The summed E-state index contributed by atoms with van der Waals surface area (Å²) in [4.78, 5) is 21.6. The maximum Gasteiger partial charge on any atom is 0.224 e. The van der Waals surface area contributed by atoms with E-state index in [9.17, 15) is 4.79 Å². The monoisotopic (exact) mass is 509 g/mol. The van der Waals surface area contributed by atoms with E-state index < -0.39 is 0 Å². The van der Waals surface area contributed by atoms with E-state index in [1.165, 1.54) is 6.42 Å². The standard InChI is InChI=1S/C21H43N5O.HI/c1-7-22-21(23-13-10-16-25(17(2)3)18(4)5)24-14-12-20(27)26-15-9-8-11-19(26)6;/h17-19H,7-16H2,1-6H3,(H2,22,23,24);1H. The Morgan fingerprint density at radius 1 is 1.18 bits per heavy atom. The second-order valence-corrected chi connectivity index (χ2v) is 8.15. The molecule has 1 atom stereocenters. The molecule has 0 saturated carbocycles. The molecule has 0 bridgehead atoms. The lowest BCUT2D eigenvalue weighted by atomic mass is 10.0. The molecule has 6 nitrogen and oxygen atoms in total. The maximum absolute atomic E-state index is 12.4. The first-order valence-electron chi connectivity index (χ1n) is 10.9. The molecule has 166 valence electrons. The van der Waals surface area contributed by atoms with E-state index >= 15 is 0 Å². The van der Waals surface area contributed by atoms with E-state index in [-0.39, 0.29) is 29.9 Å². The summed E-state index contributed by atoms with van der Waals surface area (Å²) >= 11 is 0. The van der Waals surface area contributed by atoms with Gasteiger partial charge in [-0.05, 0) is 67.2 Å². The van der Waals surface area contributed by atoms with Gasteiger partial charge in [-0.2, -0.15) is 0 Å². The van der Waals surface area contributed by atoms with Crippen molar-refractivity contribution in [3.63, 3.8) is 0 Å². The average Bonchev–Trinajstić information content (AvgIpc) is 2.61. The predicted molar refractivity (Wildman–Crippen MR) is 131 cm³/mol. The van der Waals surface area contributed by atoms with E-state index in [0.717, 1.165) is 51.4 Å². The van der Waals surface area contributed by atoms with E-state index in [1.807, 2.05) is 4.90 Å². The van der Waals surface area contributed by atoms with Crippen LogP contribution in [-0.2, 0) is 4.79 Å². The Bertz CT molecular complexity index is 448. The molecule has 1 rings (SSSR count). The van der Waals surface area contributed by atoms with E-state index in [0.29, 0.717) is 31.1 Å². The third-order valence-corrected chi connectivity index (χ3v) is 5.27. The van der Waals surface area contributed by atoms with Gasteiger partial charge in [-0.25, -0.2) is 0 Å². The van der Waals surface area contributed by atoms with Crippen molar-refractivity contribution < 1.29 is 4.79 Å². The van der Waals surface area contributed by atoms with Gasteiger partial charge in [0.05, 0.1) is 0 Å². The fourth-order valence-electron chi connectivity index (χ4n) is 3.80. The summed E-state index contributed by atoms with van der Waals surface area (Å²) in [5.74, 6) is 1.08. The predicted octanol–water partition coefficient (Wildman–Crippen LogP) is 3.46. The van der Waals surface area contributed by atoms with Crippen LogP contribution in [0.3, 0.4) is 0 Å². The molecule has 0 aromatic heterocycles. The zero-order chi connectivity index (χ0) is 20.2. The van der Waals surface area contributed by atoms with Crippen molar-refractivity contribution in [3.8, 4) is 0 Å². The van der Waals surface area contributed by atoms with Gasteiger partial charge in [0.2, 0.25) is 5.91 Å². The number of nitrogens with zero attached hydrogens (tertiary/aromatic N) is 3. The molecule has 0 aromatic rings. The Kier molecular flexibility index (Phi) is 15.0. The lowest BCUT2D eigenvalue weighted by Gasteiger charge is -2.33. The molecule has 1 saturated heterocycles. The fourth-order valence-corrected chi connectivity index (χ4v) is 3.80. The molecule has 7 heteroatoms. The molecule has 28 heavy (non-hydrogen) atoms. The molecule has 1 aliphatic heterocycles. The third-order valence-electron chi connectivity index (χ3n) is 5.27. The number of likely N-dealkylation sites (tertiary alicyclic amines) is 1. The number of piperidine rings is 1. The van der Waals surface area contributed by atoms with Gasteiger partial charge in [0.15, 0.2) is 5.96 Å². The number of rotatable bonds is 10. The second kappa shape index (κ2) is 15.3. The average molecular weight is 510 g/mol. The van der Waals surface area contributed by atoms with Crippen LogP contribution in [0.25, 0.3) is 0 Å². The molecular weight excluding hydrogens is 465 g/mol. The highest BCUT2D eigenvalue weighted by Gasteiger charge is 2.22. The van der Waals surface area contributed by atoms with Crippen LogP contribution in [0.15, 0.2) is 4.99 Å². The highest BCUT2D eigenvalue weighted by Crippen LogP contribution is 2.16. The number of hydrogen-bond acceptors (Lipinski definition) is 3. The Labute approximate surface area is 190 Å². The third kappa shape index (κ3) is 10.3. The Balaban J connectivity index is 0.00000729. The van der Waals surface area contributed by atoms with Gasteiger partial charge >= 0.3 is 0 Å². The highest BCUT2D eigenvalue weighted by molar-refractivity contribution is 14.0. The Morgan fingerprint density at radius 2 is 1.86 bits per heavy atom. The first-order valence-corrected chi connectivity index (χ1v) is 10.9. The van der Waals surface area contributed by atoms with Crippen LogP contribution in [0, 0.1) is 0 Å². The quantitative estimate of drug-likeness (QED) is 0.205. The molecule has 0 aromatic carbocycles. The van der Waals surface area contributed by atoms with Crippen LogP contribution in [0.4, 0.5) is 0 Å². The number of carbonyl (C=O) groups excluding carboxylic acids is 1. The lowest BCUT2D eigenvalue weighted by molar-refractivity contribution is -0.134. The normalized spacial score (nSPS) is 17.8. The number of carbonyl (C=O) groups is 1. The van der Waals surface area contributed by atoms with Gasteiger partial charge in [-0.1, -0.05) is 0 Å². The summed E-state index contributed by atoms with van der Waals surface area (Å²) in [6.45, 7) is 17.4. The van der Waals surface area contributed by atoms with Crippen molar-refractivity contribution >= 4 is 35.8 Å². The van der Waals surface area contributed by atoms with Crippen LogP contribution in [-0.4, -0.2) is 72.5 Å². The van der Waals surface area contributed by atoms with Crippen molar-refractivity contribution in [1.29, 1.82) is 0 Å². The van der Waals surface area contributed by atoms with Crippen molar-refractivity contribution in [1.82, 2.24) is 20.4 Å². The molecule has 1 amide bonds. The maximum atomic E-state index is 12.4. The van der Waals surface area contributed by atoms with E-state index in [1.54, 1.807) is 0 Å². The fraction of sp³-hybridized carbons (Fsp3) is 0.905. The Hall–Kier alpha value is -0.570. The number of halogens is 1. The minimum Gasteiger partial charge on any atom is -0.357 e. The zero-order valence-electron chi connectivity index (χ0n) is 19.0. The molecule has 0 aliphatic carbocycles. The summed E-state index contributed by atoms with van der Waals surface area (Å²) in [5, 5.41) is 6.60. The zero-order valence-corrected chi connectivity index (χ0v) is 21.3. The SMILES string of the molecule is CCNC(=NCCCN(C(C)C)C(C)C)NCCC(=O)N1CCCCC1C.I. The molecule has 0 spiro atoms. The summed E-state index contributed by atoms with van der Waals surface area (Å²) < 4.78 is 0. The number of hydrogen-bond donors (Lipinski definition) is 2. The number of aliphatic imine (C=N–C) groups is 1. The lowest BCUT2D eigenvalue weighted by Crippen LogP contribution is -2.44. The van der Waals surface area contributed by atoms with Gasteiger partial charge in [0.1, 0.15) is 0 Å². The summed E-state index contributed by atoms with van der Waals surface area (Å²) in [7, 11) is 0. The van der Waals surface area contributed by atoms with Gasteiger partial charge < -0.3 is 15.5 Å². The Morgan fingerprint density at radius 3 is 2.43 bits per heavy atom. The van der Waals surface area contributed by atoms with E-state index in [2.05, 4.69) is 62.1 Å². The van der Waals surface area contributed by atoms with Crippen molar-refractivity contribution in [2.24, 2.45) is 4.99 Å². The first-order chi connectivity index (χ1) is 12.9. The molecule has 1 heterocycles. The molecular formula is C21H44IN5O. The number of amides is 1. The van der Waals surface area contributed by atoms with E-state index in [4.69, 9.17) is 0 Å². The van der Waals surface area contributed by atoms with Crippen molar-refractivity contribution in [3.05, 3.63) is 0 Å². The topological polar surface area (TPSA) is 60.0 Å². The van der Waals surface area contributed by atoms with Crippen LogP contribution in [0.5, 0.6) is 0 Å². The summed E-state index contributed by atoms with van der Waals surface area (Å²) in [6, 6.07) is 1.50. The number of nitrogens with one attached hydrogen (secondary N) is 2. The van der Waals surface area contributed by atoms with Crippen LogP contribution in [0.1, 0.15) is 73.6 Å². The smallest absolute Gasteiger partial charge is 0.224 e. The molecule has 2 N–H and O–H groups in total. The molecule has 1 aliphatic rings. The van der Waals surface area contributed by atoms with Crippen molar-refractivity contribution in [2.45, 2.75) is 91.8 Å². The highest BCUT2D eigenvalue weighted by atomic mass is 127. The minimum atomic E-state index is 0. The first kappa shape index (κ1) is 27.4. The van der Waals surface area contributed by atoms with Crippen LogP contribution >= 0.6 is 24.0 Å². The van der Waals surface area contributed by atoms with Gasteiger partial charge in [0.25, 0.3) is 0 Å². The van der Waals surface area contributed by atoms with Crippen LogP contribution in [0.2, 0.25) is 0 Å². The van der Waals surface area contributed by atoms with Gasteiger partial charge in [-0.15, -0.1) is 24.0 Å². The summed E-state index contributed by atoms with van der Waals surface area (Å²) in [5.41, 5.74) is 0. The second-order valence-electron chi connectivity index (χ2n) is 8.15. The molecule has 1 fully saturated rings. The summed E-state index contributed by atoms with van der Waals surface area (Å²) in [6.07, 6.45) is 5.08.